The summed E-state index contributed by atoms with van der Waals surface area (Å²) in [5, 5.41) is 0. The zero-order valence-electron chi connectivity index (χ0n) is 13.0. The average Bonchev–Trinajstić information content (AvgIpc) is 2.11. The Morgan fingerprint density at radius 3 is 2.11 bits per heavy atom. The third kappa shape index (κ3) is 3.27. The van der Waals surface area contributed by atoms with Crippen molar-refractivity contribution in [2.24, 2.45) is 16.6 Å². The molecule has 2 nitrogen and oxygen atoms in total. The molecule has 2 heteroatoms. The largest absolute Gasteiger partial charge is 0.328 e. The Morgan fingerprint density at radius 1 is 1.06 bits per heavy atom. The van der Waals surface area contributed by atoms with Crippen LogP contribution in [0.3, 0.4) is 0 Å². The molecule has 2 N–H and O–H groups in total. The van der Waals surface area contributed by atoms with E-state index in [2.05, 4.69) is 39.5 Å². The second-order valence-electron chi connectivity index (χ2n) is 8.44. The normalized spacial score (nSPS) is 37.7. The highest BCUT2D eigenvalue weighted by atomic mass is 15.2. The first-order chi connectivity index (χ1) is 8.19. The van der Waals surface area contributed by atoms with Crippen molar-refractivity contribution in [1.82, 2.24) is 4.90 Å². The molecule has 0 aromatic carbocycles. The number of likely N-dealkylation sites (tertiary alicyclic amines) is 1. The van der Waals surface area contributed by atoms with Gasteiger partial charge >= 0.3 is 0 Å². The van der Waals surface area contributed by atoms with Crippen LogP contribution in [0.1, 0.15) is 66.7 Å². The SMILES string of the molecule is CC1CC(N)CCN1C1CC(C)(C)CC(C)(C)C1. The van der Waals surface area contributed by atoms with Gasteiger partial charge in [0.15, 0.2) is 0 Å². The Balaban J connectivity index is 2.08. The highest BCUT2D eigenvalue weighted by molar-refractivity contribution is 4.96. The molecular weight excluding hydrogens is 220 g/mol. The van der Waals surface area contributed by atoms with Crippen LogP contribution in [0.4, 0.5) is 0 Å². The maximum Gasteiger partial charge on any atom is 0.0108 e. The first kappa shape index (κ1) is 14.3. The van der Waals surface area contributed by atoms with E-state index in [0.717, 1.165) is 6.04 Å². The van der Waals surface area contributed by atoms with E-state index in [1.54, 1.807) is 0 Å². The fraction of sp³-hybridized carbons (Fsp3) is 1.00. The van der Waals surface area contributed by atoms with Crippen molar-refractivity contribution >= 4 is 0 Å². The van der Waals surface area contributed by atoms with Gasteiger partial charge in [-0.3, -0.25) is 4.90 Å². The van der Waals surface area contributed by atoms with Crippen LogP contribution in [0, 0.1) is 10.8 Å². The fourth-order valence-electron chi connectivity index (χ4n) is 4.79. The van der Waals surface area contributed by atoms with Crippen LogP contribution in [0.25, 0.3) is 0 Å². The van der Waals surface area contributed by atoms with Gasteiger partial charge in [0, 0.05) is 24.7 Å². The van der Waals surface area contributed by atoms with Gasteiger partial charge < -0.3 is 5.73 Å². The van der Waals surface area contributed by atoms with Crippen LogP contribution in [-0.2, 0) is 0 Å². The van der Waals surface area contributed by atoms with Crippen molar-refractivity contribution in [3.63, 3.8) is 0 Å². The van der Waals surface area contributed by atoms with E-state index in [0.29, 0.717) is 22.9 Å². The Kier molecular flexibility index (Phi) is 3.81. The number of hydrogen-bond donors (Lipinski definition) is 1. The number of hydrogen-bond acceptors (Lipinski definition) is 2. The van der Waals surface area contributed by atoms with Crippen LogP contribution in [-0.4, -0.2) is 29.6 Å². The highest BCUT2D eigenvalue weighted by Crippen LogP contribution is 2.47. The lowest BCUT2D eigenvalue weighted by Crippen LogP contribution is -2.54. The first-order valence-electron chi connectivity index (χ1n) is 7.70. The monoisotopic (exact) mass is 252 g/mol. The second-order valence-corrected chi connectivity index (χ2v) is 8.44. The summed E-state index contributed by atoms with van der Waals surface area (Å²) in [6.07, 6.45) is 6.43. The molecule has 106 valence electrons. The van der Waals surface area contributed by atoms with Crippen molar-refractivity contribution in [3.05, 3.63) is 0 Å². The Morgan fingerprint density at radius 2 is 1.61 bits per heavy atom. The first-order valence-corrected chi connectivity index (χ1v) is 7.70. The zero-order chi connectivity index (χ0) is 13.6. The van der Waals surface area contributed by atoms with Crippen LogP contribution in [0.2, 0.25) is 0 Å². The van der Waals surface area contributed by atoms with E-state index >= 15 is 0 Å². The maximum absolute atomic E-state index is 6.10. The molecule has 0 aromatic heterocycles. The minimum Gasteiger partial charge on any atom is -0.328 e. The molecule has 0 spiro atoms. The minimum absolute atomic E-state index is 0.431. The smallest absolute Gasteiger partial charge is 0.0108 e. The fourth-order valence-corrected chi connectivity index (χ4v) is 4.79. The van der Waals surface area contributed by atoms with Gasteiger partial charge in [-0.1, -0.05) is 27.7 Å². The molecule has 1 heterocycles. The standard InChI is InChI=1S/C16H32N2/c1-12-8-13(17)6-7-18(12)14-9-15(2,3)11-16(4,5)10-14/h12-14H,6-11,17H2,1-5H3. The van der Waals surface area contributed by atoms with Gasteiger partial charge in [-0.25, -0.2) is 0 Å². The third-order valence-electron chi connectivity index (χ3n) is 4.97. The summed E-state index contributed by atoms with van der Waals surface area (Å²) in [6.45, 7) is 13.4. The van der Waals surface area contributed by atoms with Gasteiger partial charge in [0.1, 0.15) is 0 Å². The minimum atomic E-state index is 0.431. The van der Waals surface area contributed by atoms with Gasteiger partial charge in [-0.05, 0) is 49.9 Å². The van der Waals surface area contributed by atoms with Gasteiger partial charge in [-0.2, -0.15) is 0 Å². The molecule has 0 amide bonds. The molecule has 18 heavy (non-hydrogen) atoms. The molecule has 2 aliphatic rings. The van der Waals surface area contributed by atoms with E-state index in [4.69, 9.17) is 5.73 Å². The Labute approximate surface area is 113 Å². The molecule has 1 aliphatic carbocycles. The number of rotatable bonds is 1. The molecule has 0 aromatic rings. The van der Waals surface area contributed by atoms with E-state index in [1.165, 1.54) is 38.6 Å². The highest BCUT2D eigenvalue weighted by Gasteiger charge is 2.42. The molecule has 1 aliphatic heterocycles. The zero-order valence-corrected chi connectivity index (χ0v) is 13.0. The lowest BCUT2D eigenvalue weighted by Gasteiger charge is -2.51. The molecular formula is C16H32N2. The van der Waals surface area contributed by atoms with Gasteiger partial charge in [-0.15, -0.1) is 0 Å². The van der Waals surface area contributed by atoms with E-state index in [-0.39, 0.29) is 0 Å². The topological polar surface area (TPSA) is 29.3 Å². The molecule has 1 saturated heterocycles. The van der Waals surface area contributed by atoms with Crippen molar-refractivity contribution in [2.45, 2.75) is 84.8 Å². The van der Waals surface area contributed by atoms with Crippen LogP contribution in [0.15, 0.2) is 0 Å². The summed E-state index contributed by atoms with van der Waals surface area (Å²) < 4.78 is 0. The summed E-state index contributed by atoms with van der Waals surface area (Å²) in [4.78, 5) is 2.76. The van der Waals surface area contributed by atoms with E-state index in [1.807, 2.05) is 0 Å². The van der Waals surface area contributed by atoms with Crippen molar-refractivity contribution in [3.8, 4) is 0 Å². The van der Waals surface area contributed by atoms with Gasteiger partial charge in [0.05, 0.1) is 0 Å². The van der Waals surface area contributed by atoms with Gasteiger partial charge in [0.2, 0.25) is 0 Å². The van der Waals surface area contributed by atoms with Crippen LogP contribution < -0.4 is 5.73 Å². The second kappa shape index (κ2) is 4.79. The number of nitrogens with two attached hydrogens (primary N) is 1. The molecule has 2 unspecified atom stereocenters. The molecule has 0 bridgehead atoms. The van der Waals surface area contributed by atoms with E-state index in [9.17, 15) is 0 Å². The predicted octanol–water partition coefficient (Wildman–Crippen LogP) is 3.40. The molecule has 1 saturated carbocycles. The van der Waals surface area contributed by atoms with Crippen molar-refractivity contribution in [2.75, 3.05) is 6.54 Å². The third-order valence-corrected chi connectivity index (χ3v) is 4.97. The lowest BCUT2D eigenvalue weighted by molar-refractivity contribution is -0.00670. The average molecular weight is 252 g/mol. The number of piperidine rings is 1. The molecule has 0 radical (unpaired) electrons. The summed E-state index contributed by atoms with van der Waals surface area (Å²) in [6, 6.07) is 1.87. The number of nitrogens with zero attached hydrogens (tertiary/aromatic N) is 1. The van der Waals surface area contributed by atoms with Crippen molar-refractivity contribution in [1.29, 1.82) is 0 Å². The van der Waals surface area contributed by atoms with E-state index < -0.39 is 0 Å². The quantitative estimate of drug-likeness (QED) is 0.775. The van der Waals surface area contributed by atoms with Gasteiger partial charge in [0.25, 0.3) is 0 Å². The lowest BCUT2D eigenvalue weighted by atomic mass is 9.63. The molecule has 2 atom stereocenters. The summed E-state index contributed by atoms with van der Waals surface area (Å²) in [5.41, 5.74) is 7.08. The molecule has 2 rings (SSSR count). The Hall–Kier alpha value is -0.0800. The summed E-state index contributed by atoms with van der Waals surface area (Å²) >= 11 is 0. The maximum atomic E-state index is 6.10. The summed E-state index contributed by atoms with van der Waals surface area (Å²) in [5.74, 6) is 0. The van der Waals surface area contributed by atoms with Crippen LogP contribution in [0.5, 0.6) is 0 Å². The predicted molar refractivity (Wildman–Crippen MR) is 78.6 cm³/mol. The molecule has 2 fully saturated rings. The van der Waals surface area contributed by atoms with Crippen LogP contribution >= 0.6 is 0 Å². The summed E-state index contributed by atoms with van der Waals surface area (Å²) in [7, 11) is 0. The Bertz CT molecular complexity index is 279. The van der Waals surface area contributed by atoms with Crippen molar-refractivity contribution < 1.29 is 0 Å².